The smallest absolute Gasteiger partial charge is 0.252 e. The number of halogens is 3. The highest BCUT2D eigenvalue weighted by Gasteiger charge is 2.31. The SMILES string of the molecule is CSCCc1ccc(C(F)(F)F)nc1. The molecule has 78 valence electrons. The van der Waals surface area contributed by atoms with Gasteiger partial charge in [-0.15, -0.1) is 0 Å². The first-order valence-electron chi connectivity index (χ1n) is 4.05. The van der Waals surface area contributed by atoms with Crippen LogP contribution < -0.4 is 0 Å². The number of nitrogens with zero attached hydrogens (tertiary/aromatic N) is 1. The van der Waals surface area contributed by atoms with Crippen LogP contribution in [0, 0.1) is 0 Å². The molecule has 0 N–H and O–H groups in total. The number of aryl methyl sites for hydroxylation is 1. The number of rotatable bonds is 3. The first-order valence-corrected chi connectivity index (χ1v) is 5.44. The molecule has 0 spiro atoms. The Hall–Kier alpha value is -0.710. The molecule has 14 heavy (non-hydrogen) atoms. The van der Waals surface area contributed by atoms with Gasteiger partial charge < -0.3 is 0 Å². The fourth-order valence-corrected chi connectivity index (χ4v) is 1.40. The Bertz CT molecular complexity index is 281. The van der Waals surface area contributed by atoms with E-state index in [0.717, 1.165) is 23.8 Å². The summed E-state index contributed by atoms with van der Waals surface area (Å²) in [6.07, 6.45) is -0.332. The van der Waals surface area contributed by atoms with E-state index in [1.807, 2.05) is 6.26 Å². The van der Waals surface area contributed by atoms with Gasteiger partial charge in [0.1, 0.15) is 5.69 Å². The molecule has 1 aromatic rings. The summed E-state index contributed by atoms with van der Waals surface area (Å²) < 4.78 is 36.3. The summed E-state index contributed by atoms with van der Waals surface area (Å²) in [4.78, 5) is 3.37. The summed E-state index contributed by atoms with van der Waals surface area (Å²) >= 11 is 1.66. The molecule has 0 aromatic carbocycles. The Morgan fingerprint density at radius 3 is 2.50 bits per heavy atom. The predicted octanol–water partition coefficient (Wildman–Crippen LogP) is 3.01. The van der Waals surface area contributed by atoms with Crippen LogP contribution in [-0.4, -0.2) is 17.0 Å². The van der Waals surface area contributed by atoms with Gasteiger partial charge >= 0.3 is 6.18 Å². The van der Waals surface area contributed by atoms with Gasteiger partial charge in [0.2, 0.25) is 0 Å². The third-order valence-electron chi connectivity index (χ3n) is 1.71. The highest BCUT2D eigenvalue weighted by atomic mass is 32.2. The Kier molecular flexibility index (Phi) is 3.80. The third kappa shape index (κ3) is 3.21. The predicted molar refractivity (Wildman–Crippen MR) is 51.3 cm³/mol. The van der Waals surface area contributed by atoms with Crippen LogP contribution in [0.15, 0.2) is 18.3 Å². The molecule has 1 nitrogen and oxygen atoms in total. The highest BCUT2D eigenvalue weighted by Crippen LogP contribution is 2.27. The van der Waals surface area contributed by atoms with Crippen LogP contribution in [0.2, 0.25) is 0 Å². The fraction of sp³-hybridized carbons (Fsp3) is 0.444. The normalized spacial score (nSPS) is 11.7. The van der Waals surface area contributed by atoms with E-state index in [2.05, 4.69) is 4.98 Å². The minimum atomic E-state index is -4.34. The molecule has 0 amide bonds. The second kappa shape index (κ2) is 4.68. The van der Waals surface area contributed by atoms with E-state index in [4.69, 9.17) is 0 Å². The lowest BCUT2D eigenvalue weighted by Crippen LogP contribution is -2.07. The average molecular weight is 221 g/mol. The molecule has 0 unspecified atom stereocenters. The summed E-state index contributed by atoms with van der Waals surface area (Å²) in [7, 11) is 0. The second-order valence-corrected chi connectivity index (χ2v) is 3.78. The van der Waals surface area contributed by atoms with Gasteiger partial charge in [-0.1, -0.05) is 6.07 Å². The molecule has 0 radical (unpaired) electrons. The number of aromatic nitrogens is 1. The van der Waals surface area contributed by atoms with Crippen molar-refractivity contribution < 1.29 is 13.2 Å². The topological polar surface area (TPSA) is 12.9 Å². The monoisotopic (exact) mass is 221 g/mol. The number of alkyl halides is 3. The van der Waals surface area contributed by atoms with E-state index in [1.54, 1.807) is 11.8 Å². The maximum absolute atomic E-state index is 12.1. The molecule has 1 heterocycles. The van der Waals surface area contributed by atoms with Crippen LogP contribution in [0.4, 0.5) is 13.2 Å². The largest absolute Gasteiger partial charge is 0.433 e. The van der Waals surface area contributed by atoms with E-state index < -0.39 is 11.9 Å². The molecule has 1 aromatic heterocycles. The van der Waals surface area contributed by atoms with Gasteiger partial charge in [-0.3, -0.25) is 4.98 Å². The lowest BCUT2D eigenvalue weighted by atomic mass is 10.2. The number of hydrogen-bond donors (Lipinski definition) is 0. The molecule has 5 heteroatoms. The number of pyridine rings is 1. The Balaban J connectivity index is 2.69. The lowest BCUT2D eigenvalue weighted by Gasteiger charge is -2.05. The van der Waals surface area contributed by atoms with E-state index in [9.17, 15) is 13.2 Å². The van der Waals surface area contributed by atoms with Gasteiger partial charge in [-0.2, -0.15) is 24.9 Å². The van der Waals surface area contributed by atoms with Gasteiger partial charge in [0, 0.05) is 6.20 Å². The van der Waals surface area contributed by atoms with Crippen molar-refractivity contribution in [1.82, 2.24) is 4.98 Å². The van der Waals surface area contributed by atoms with Crippen molar-refractivity contribution in [1.29, 1.82) is 0 Å². The summed E-state index contributed by atoms with van der Waals surface area (Å²) in [5.41, 5.74) is 0.0118. The fourth-order valence-electron chi connectivity index (χ4n) is 0.960. The van der Waals surface area contributed by atoms with Crippen molar-refractivity contribution in [3.63, 3.8) is 0 Å². The molecule has 0 fully saturated rings. The first kappa shape index (κ1) is 11.4. The maximum atomic E-state index is 12.1. The summed E-state index contributed by atoms with van der Waals surface area (Å²) in [6.45, 7) is 0. The standard InChI is InChI=1S/C9H10F3NS/c1-14-5-4-7-2-3-8(13-6-7)9(10,11)12/h2-3,6H,4-5H2,1H3. The summed E-state index contributed by atoms with van der Waals surface area (Å²) in [5, 5.41) is 0. The van der Waals surface area contributed by atoms with E-state index in [-0.39, 0.29) is 0 Å². The van der Waals surface area contributed by atoms with Gasteiger partial charge in [-0.25, -0.2) is 0 Å². The zero-order chi connectivity index (χ0) is 10.6. The van der Waals surface area contributed by atoms with E-state index in [1.165, 1.54) is 12.3 Å². The summed E-state index contributed by atoms with van der Waals surface area (Å²) in [6, 6.07) is 2.50. The van der Waals surface area contributed by atoms with Gasteiger partial charge in [0.15, 0.2) is 0 Å². The minimum absolute atomic E-state index is 0.756. The maximum Gasteiger partial charge on any atom is 0.433 e. The Morgan fingerprint density at radius 1 is 1.36 bits per heavy atom. The van der Waals surface area contributed by atoms with Crippen molar-refractivity contribution in [2.45, 2.75) is 12.6 Å². The van der Waals surface area contributed by atoms with Gasteiger partial charge in [0.05, 0.1) is 0 Å². The zero-order valence-electron chi connectivity index (χ0n) is 7.64. The quantitative estimate of drug-likeness (QED) is 0.778. The summed E-state index contributed by atoms with van der Waals surface area (Å²) in [5.74, 6) is 0.896. The van der Waals surface area contributed by atoms with E-state index in [0.29, 0.717) is 0 Å². The van der Waals surface area contributed by atoms with Crippen LogP contribution in [0.3, 0.4) is 0 Å². The number of thioether (sulfide) groups is 1. The molecule has 0 atom stereocenters. The third-order valence-corrected chi connectivity index (χ3v) is 2.32. The van der Waals surface area contributed by atoms with Crippen LogP contribution in [-0.2, 0) is 12.6 Å². The van der Waals surface area contributed by atoms with Crippen molar-refractivity contribution in [3.05, 3.63) is 29.6 Å². The van der Waals surface area contributed by atoms with Crippen LogP contribution in [0.1, 0.15) is 11.3 Å². The van der Waals surface area contributed by atoms with Crippen molar-refractivity contribution >= 4 is 11.8 Å². The Labute approximate surface area is 84.7 Å². The second-order valence-electron chi connectivity index (χ2n) is 2.79. The molecule has 0 aliphatic heterocycles. The molecule has 0 saturated carbocycles. The first-order chi connectivity index (χ1) is 6.54. The van der Waals surface area contributed by atoms with Crippen molar-refractivity contribution in [2.75, 3.05) is 12.0 Å². The molecular weight excluding hydrogens is 211 g/mol. The van der Waals surface area contributed by atoms with Gasteiger partial charge in [-0.05, 0) is 30.1 Å². The van der Waals surface area contributed by atoms with Crippen LogP contribution in [0.25, 0.3) is 0 Å². The van der Waals surface area contributed by atoms with Crippen LogP contribution in [0.5, 0.6) is 0 Å². The molecular formula is C9H10F3NS. The average Bonchev–Trinajstić information content (AvgIpc) is 2.14. The molecule has 0 saturated heterocycles. The lowest BCUT2D eigenvalue weighted by molar-refractivity contribution is -0.141. The highest BCUT2D eigenvalue weighted by molar-refractivity contribution is 7.98. The van der Waals surface area contributed by atoms with Gasteiger partial charge in [0.25, 0.3) is 0 Å². The zero-order valence-corrected chi connectivity index (χ0v) is 8.45. The molecule has 0 bridgehead atoms. The van der Waals surface area contributed by atoms with E-state index >= 15 is 0 Å². The molecule has 0 aliphatic carbocycles. The van der Waals surface area contributed by atoms with Crippen molar-refractivity contribution in [2.24, 2.45) is 0 Å². The van der Waals surface area contributed by atoms with Crippen molar-refractivity contribution in [3.8, 4) is 0 Å². The Morgan fingerprint density at radius 2 is 2.07 bits per heavy atom. The number of hydrogen-bond acceptors (Lipinski definition) is 2. The molecule has 1 rings (SSSR count). The minimum Gasteiger partial charge on any atom is -0.252 e. The molecule has 0 aliphatic rings. The van der Waals surface area contributed by atoms with Crippen LogP contribution >= 0.6 is 11.8 Å².